The number of hydrogen-bond acceptors (Lipinski definition) is 7. The number of aliphatic hydroxyl groups is 1. The molecule has 3 heterocycles. The Morgan fingerprint density at radius 1 is 0.935 bits per heavy atom. The number of carbonyl (C=O) groups is 1. The van der Waals surface area contributed by atoms with Crippen molar-refractivity contribution in [3.63, 3.8) is 0 Å². The molecule has 0 radical (unpaired) electrons. The molecular weight excluding hydrogens is 576 g/mol. The first-order chi connectivity index (χ1) is 22.1. The summed E-state index contributed by atoms with van der Waals surface area (Å²) in [4.78, 5) is 24.3. The monoisotopic (exact) mass is 620 g/mol. The molecule has 8 nitrogen and oxygen atoms in total. The van der Waals surface area contributed by atoms with Crippen molar-refractivity contribution in [1.82, 2.24) is 20.2 Å². The van der Waals surface area contributed by atoms with Crippen molar-refractivity contribution >= 4 is 16.9 Å². The molecule has 2 saturated heterocycles. The van der Waals surface area contributed by atoms with Crippen LogP contribution in [0.1, 0.15) is 91.6 Å². The summed E-state index contributed by atoms with van der Waals surface area (Å²) in [5.41, 5.74) is 6.38. The largest absolute Gasteiger partial charge is 0.392 e. The van der Waals surface area contributed by atoms with Crippen LogP contribution in [0.25, 0.3) is 11.0 Å². The van der Waals surface area contributed by atoms with E-state index in [-0.39, 0.29) is 24.7 Å². The third-order valence-corrected chi connectivity index (χ3v) is 9.96. The highest BCUT2D eigenvalue weighted by molar-refractivity contribution is 5.93. The number of carbonyl (C=O) groups excluding carboxylic acids is 1. The number of rotatable bonds is 8. The topological polar surface area (TPSA) is 96.8 Å². The minimum absolute atomic E-state index is 0.0219. The van der Waals surface area contributed by atoms with E-state index in [1.54, 1.807) is 0 Å². The normalized spacial score (nSPS) is 27.5. The molecule has 1 aromatic heterocycles. The highest BCUT2D eigenvalue weighted by Gasteiger charge is 2.50. The van der Waals surface area contributed by atoms with Crippen LogP contribution in [0, 0.1) is 10.8 Å². The van der Waals surface area contributed by atoms with Crippen molar-refractivity contribution in [3.05, 3.63) is 107 Å². The van der Waals surface area contributed by atoms with Crippen LogP contribution in [0.3, 0.4) is 0 Å². The van der Waals surface area contributed by atoms with Crippen LogP contribution in [0.4, 0.5) is 0 Å². The lowest BCUT2D eigenvalue weighted by Gasteiger charge is -2.41. The summed E-state index contributed by atoms with van der Waals surface area (Å²) in [6.45, 7) is 9.69. The maximum absolute atomic E-state index is 12.8. The second kappa shape index (κ2) is 12.5. The highest BCUT2D eigenvalue weighted by Crippen LogP contribution is 2.53. The lowest BCUT2D eigenvalue weighted by atomic mass is 9.65. The van der Waals surface area contributed by atoms with Crippen LogP contribution in [-0.4, -0.2) is 51.1 Å². The van der Waals surface area contributed by atoms with Gasteiger partial charge in [0.15, 0.2) is 6.29 Å². The summed E-state index contributed by atoms with van der Waals surface area (Å²) in [6.07, 6.45) is 5.45. The van der Waals surface area contributed by atoms with Crippen LogP contribution in [0.5, 0.6) is 0 Å². The van der Waals surface area contributed by atoms with Gasteiger partial charge in [-0.25, -0.2) is 4.98 Å². The van der Waals surface area contributed by atoms with E-state index < -0.39 is 6.29 Å². The van der Waals surface area contributed by atoms with Gasteiger partial charge >= 0.3 is 0 Å². The third-order valence-electron chi connectivity index (χ3n) is 9.96. The van der Waals surface area contributed by atoms with Crippen molar-refractivity contribution in [1.29, 1.82) is 0 Å². The number of hydrogen-bond donors (Lipinski definition) is 2. The van der Waals surface area contributed by atoms with E-state index in [0.29, 0.717) is 34.6 Å². The van der Waals surface area contributed by atoms with Gasteiger partial charge in [-0.05, 0) is 58.9 Å². The SMILES string of the molecule is CC1(C)CC2CC(C)(CN2C[C@H]2C[C@@H](c3ccc(CO)cc3)O[C@@H](c3ccc(CNC(=O)c4cnc5ccccc5n4)cc3)O2)C1. The predicted octanol–water partition coefficient (Wildman–Crippen LogP) is 6.50. The van der Waals surface area contributed by atoms with Crippen molar-refractivity contribution < 1.29 is 19.4 Å². The lowest BCUT2D eigenvalue weighted by molar-refractivity contribution is -0.253. The minimum Gasteiger partial charge on any atom is -0.392 e. The molecule has 1 saturated carbocycles. The molecule has 46 heavy (non-hydrogen) atoms. The van der Waals surface area contributed by atoms with Crippen LogP contribution < -0.4 is 5.32 Å². The van der Waals surface area contributed by atoms with Gasteiger partial charge in [-0.3, -0.25) is 14.7 Å². The Morgan fingerprint density at radius 2 is 1.65 bits per heavy atom. The molecular formula is C38H44N4O4. The maximum atomic E-state index is 12.8. The Labute approximate surface area is 271 Å². The van der Waals surface area contributed by atoms with Gasteiger partial charge in [-0.15, -0.1) is 0 Å². The van der Waals surface area contributed by atoms with E-state index in [1.165, 1.54) is 25.5 Å². The van der Waals surface area contributed by atoms with Crippen LogP contribution >= 0.6 is 0 Å². The fourth-order valence-electron chi connectivity index (χ4n) is 8.22. The average Bonchev–Trinajstić information content (AvgIpc) is 3.30. The third kappa shape index (κ3) is 6.72. The fourth-order valence-corrected chi connectivity index (χ4v) is 8.22. The van der Waals surface area contributed by atoms with Gasteiger partial charge in [0.05, 0.1) is 36.0 Å². The highest BCUT2D eigenvalue weighted by atomic mass is 16.7. The van der Waals surface area contributed by atoms with Crippen molar-refractivity contribution in [3.8, 4) is 0 Å². The Morgan fingerprint density at radius 3 is 2.41 bits per heavy atom. The van der Waals surface area contributed by atoms with E-state index in [2.05, 4.69) is 53.1 Å². The molecule has 0 spiro atoms. The minimum atomic E-state index is -0.508. The van der Waals surface area contributed by atoms with Gasteiger partial charge in [-0.1, -0.05) is 81.4 Å². The molecule has 2 N–H and O–H groups in total. The summed E-state index contributed by atoms with van der Waals surface area (Å²) in [6, 6.07) is 24.3. The average molecular weight is 621 g/mol. The summed E-state index contributed by atoms with van der Waals surface area (Å²) in [7, 11) is 0. The molecule has 2 aliphatic heterocycles. The number of para-hydroxylation sites is 2. The molecule has 4 aromatic rings. The smallest absolute Gasteiger partial charge is 0.271 e. The molecule has 7 rings (SSSR count). The lowest BCUT2D eigenvalue weighted by Crippen LogP contribution is -2.42. The number of likely N-dealkylation sites (tertiary alicyclic amines) is 1. The zero-order chi connectivity index (χ0) is 31.9. The Balaban J connectivity index is 1.04. The van der Waals surface area contributed by atoms with Gasteiger partial charge in [0, 0.05) is 37.7 Å². The quantitative estimate of drug-likeness (QED) is 0.232. The van der Waals surface area contributed by atoms with Crippen LogP contribution in [-0.2, 0) is 22.6 Å². The molecule has 5 atom stereocenters. The summed E-state index contributed by atoms with van der Waals surface area (Å²) in [5, 5.41) is 12.5. The van der Waals surface area contributed by atoms with Crippen molar-refractivity contribution in [2.45, 2.75) is 84.1 Å². The number of aromatic nitrogens is 2. The molecule has 3 aromatic carbocycles. The first-order valence-electron chi connectivity index (χ1n) is 16.5. The number of nitrogens with one attached hydrogen (secondary N) is 1. The molecule has 8 heteroatoms. The van der Waals surface area contributed by atoms with Crippen molar-refractivity contribution in [2.24, 2.45) is 10.8 Å². The summed E-state index contributed by atoms with van der Waals surface area (Å²) < 4.78 is 13.3. The van der Waals surface area contributed by atoms with E-state index in [9.17, 15) is 9.90 Å². The Kier molecular flexibility index (Phi) is 8.40. The fraction of sp³-hybridized carbons (Fsp3) is 0.447. The maximum Gasteiger partial charge on any atom is 0.271 e. The number of ether oxygens (including phenoxy) is 2. The number of aliphatic hydroxyl groups excluding tert-OH is 1. The molecule has 2 unspecified atom stereocenters. The molecule has 240 valence electrons. The van der Waals surface area contributed by atoms with Gasteiger partial charge in [-0.2, -0.15) is 0 Å². The summed E-state index contributed by atoms with van der Waals surface area (Å²) >= 11 is 0. The number of nitrogens with zero attached hydrogens (tertiary/aromatic N) is 3. The number of benzene rings is 3. The van der Waals surface area contributed by atoms with Crippen LogP contribution in [0.15, 0.2) is 79.0 Å². The Bertz CT molecular complexity index is 1690. The van der Waals surface area contributed by atoms with E-state index in [0.717, 1.165) is 47.3 Å². The second-order valence-corrected chi connectivity index (χ2v) is 14.7. The first kappa shape index (κ1) is 30.9. The van der Waals surface area contributed by atoms with E-state index >= 15 is 0 Å². The number of fused-ring (bicyclic) bond motifs is 3. The molecule has 1 amide bonds. The zero-order valence-corrected chi connectivity index (χ0v) is 27.0. The van der Waals surface area contributed by atoms with E-state index in [4.69, 9.17) is 9.47 Å². The molecule has 3 fully saturated rings. The summed E-state index contributed by atoms with van der Waals surface area (Å²) in [5.74, 6) is -0.261. The van der Waals surface area contributed by atoms with E-state index in [1.807, 2.05) is 60.7 Å². The van der Waals surface area contributed by atoms with Crippen molar-refractivity contribution in [2.75, 3.05) is 13.1 Å². The standard InChI is InChI=1S/C38H44N4O4/c1-37(2)17-29-18-38(3,23-37)24-42(29)21-30-16-34(27-12-10-26(22-43)11-13-27)46-36(45-30)28-14-8-25(9-15-28)19-40-35(44)33-20-39-31-6-4-5-7-32(31)41-33/h4-15,20,29-30,34,36,43H,16-19,21-24H2,1-3H3,(H,40,44)/t29?,30-,34+,36+,38?/m1/s1. The van der Waals surface area contributed by atoms with Gasteiger partial charge in [0.2, 0.25) is 0 Å². The van der Waals surface area contributed by atoms with Gasteiger partial charge < -0.3 is 19.9 Å². The molecule has 1 aliphatic carbocycles. The second-order valence-electron chi connectivity index (χ2n) is 14.7. The predicted molar refractivity (Wildman–Crippen MR) is 177 cm³/mol. The first-order valence-corrected chi connectivity index (χ1v) is 16.5. The zero-order valence-electron chi connectivity index (χ0n) is 27.0. The van der Waals surface area contributed by atoms with Gasteiger partial charge in [0.1, 0.15) is 5.69 Å². The Hall–Kier alpha value is -3.69. The van der Waals surface area contributed by atoms with Crippen LogP contribution in [0.2, 0.25) is 0 Å². The molecule has 3 aliphatic rings. The number of amides is 1. The molecule has 2 bridgehead atoms. The van der Waals surface area contributed by atoms with Gasteiger partial charge in [0.25, 0.3) is 5.91 Å².